The van der Waals surface area contributed by atoms with E-state index in [1.807, 2.05) is 0 Å². The first-order valence-electron chi connectivity index (χ1n) is 7.63. The van der Waals surface area contributed by atoms with Crippen molar-refractivity contribution >= 4 is 40.8 Å². The van der Waals surface area contributed by atoms with Gasteiger partial charge in [-0.3, -0.25) is 10.2 Å². The second kappa shape index (κ2) is 9.84. The second-order valence-corrected chi connectivity index (χ2v) is 6.00. The fraction of sp³-hybridized carbons (Fsp3) is 0.176. The number of urea groups is 1. The lowest BCUT2D eigenvalue weighted by Gasteiger charge is -2.10. The lowest BCUT2D eigenvalue weighted by atomic mass is 10.3. The summed E-state index contributed by atoms with van der Waals surface area (Å²) in [6.07, 6.45) is 0.564. The number of hydrogen-bond donors (Lipinski definition) is 3. The maximum Gasteiger partial charge on any atom is 0.337 e. The molecule has 2 aromatic rings. The number of hydrogen-bond acceptors (Lipinski definition) is 3. The van der Waals surface area contributed by atoms with Crippen LogP contribution in [0.25, 0.3) is 0 Å². The summed E-state index contributed by atoms with van der Waals surface area (Å²) in [5.74, 6) is -0.315. The van der Waals surface area contributed by atoms with Gasteiger partial charge < -0.3 is 10.1 Å². The molecule has 0 fully saturated rings. The van der Waals surface area contributed by atoms with Crippen LogP contribution in [0.4, 0.5) is 14.9 Å². The van der Waals surface area contributed by atoms with Crippen molar-refractivity contribution in [1.82, 2.24) is 10.9 Å². The Kier molecular flexibility index (Phi) is 7.50. The number of amides is 3. The van der Waals surface area contributed by atoms with E-state index in [0.29, 0.717) is 27.9 Å². The van der Waals surface area contributed by atoms with Crippen molar-refractivity contribution in [2.45, 2.75) is 12.8 Å². The number of nitrogens with one attached hydrogen (secondary N) is 3. The molecule has 0 aromatic heterocycles. The van der Waals surface area contributed by atoms with E-state index in [0.717, 1.165) is 0 Å². The first kappa shape index (κ1) is 19.8. The minimum absolute atomic E-state index is 0.141. The van der Waals surface area contributed by atoms with Crippen molar-refractivity contribution in [2.24, 2.45) is 0 Å². The molecule has 26 heavy (non-hydrogen) atoms. The molecule has 2 rings (SSSR count). The molecule has 3 amide bonds. The van der Waals surface area contributed by atoms with Gasteiger partial charge in [-0.2, -0.15) is 0 Å². The zero-order chi connectivity index (χ0) is 18.9. The summed E-state index contributed by atoms with van der Waals surface area (Å²) in [4.78, 5) is 23.3. The Morgan fingerprint density at radius 3 is 2.46 bits per heavy atom. The maximum absolute atomic E-state index is 12.8. The van der Waals surface area contributed by atoms with Crippen LogP contribution in [0.15, 0.2) is 42.5 Å². The molecule has 0 bridgehead atoms. The van der Waals surface area contributed by atoms with Gasteiger partial charge in [-0.1, -0.05) is 23.2 Å². The highest BCUT2D eigenvalue weighted by Gasteiger charge is 2.06. The zero-order valence-corrected chi connectivity index (χ0v) is 15.0. The Morgan fingerprint density at radius 1 is 1.04 bits per heavy atom. The number of carbonyl (C=O) groups excluding carboxylic acids is 2. The maximum atomic E-state index is 12.8. The number of anilines is 1. The van der Waals surface area contributed by atoms with Crippen molar-refractivity contribution in [3.05, 3.63) is 58.3 Å². The van der Waals surface area contributed by atoms with Crippen LogP contribution < -0.4 is 20.9 Å². The third-order valence-corrected chi connectivity index (χ3v) is 3.65. The summed E-state index contributed by atoms with van der Waals surface area (Å²) in [5.41, 5.74) is 4.85. The smallest absolute Gasteiger partial charge is 0.337 e. The largest absolute Gasteiger partial charge is 0.492 e. The van der Waals surface area contributed by atoms with Crippen molar-refractivity contribution in [3.63, 3.8) is 0 Å². The van der Waals surface area contributed by atoms with Gasteiger partial charge >= 0.3 is 6.03 Å². The summed E-state index contributed by atoms with van der Waals surface area (Å²) < 4.78 is 18.2. The van der Waals surface area contributed by atoms with Crippen LogP contribution in [0, 0.1) is 5.82 Å². The SMILES string of the molecule is O=C(CCCOc1ccc(Cl)cc1Cl)NNC(=O)Nc1ccc(F)cc1. The molecule has 0 saturated heterocycles. The van der Waals surface area contributed by atoms with E-state index >= 15 is 0 Å². The molecule has 6 nitrogen and oxygen atoms in total. The van der Waals surface area contributed by atoms with Crippen molar-refractivity contribution in [2.75, 3.05) is 11.9 Å². The van der Waals surface area contributed by atoms with Gasteiger partial charge in [-0.15, -0.1) is 0 Å². The van der Waals surface area contributed by atoms with Crippen molar-refractivity contribution in [3.8, 4) is 5.75 Å². The summed E-state index contributed by atoms with van der Waals surface area (Å²) >= 11 is 11.8. The van der Waals surface area contributed by atoms with E-state index in [9.17, 15) is 14.0 Å². The van der Waals surface area contributed by atoms with Gasteiger partial charge in [0.05, 0.1) is 11.6 Å². The molecule has 9 heteroatoms. The molecule has 0 aliphatic rings. The third-order valence-electron chi connectivity index (χ3n) is 3.12. The lowest BCUT2D eigenvalue weighted by Crippen LogP contribution is -2.43. The number of rotatable bonds is 6. The lowest BCUT2D eigenvalue weighted by molar-refractivity contribution is -0.122. The van der Waals surface area contributed by atoms with Gasteiger partial charge in [0.15, 0.2) is 0 Å². The van der Waals surface area contributed by atoms with Crippen LogP contribution >= 0.6 is 23.2 Å². The van der Waals surface area contributed by atoms with Crippen LogP contribution in [0.3, 0.4) is 0 Å². The molecule has 0 heterocycles. The molecule has 0 saturated carbocycles. The molecule has 0 aliphatic heterocycles. The van der Waals surface area contributed by atoms with E-state index in [-0.39, 0.29) is 18.9 Å². The van der Waals surface area contributed by atoms with Crippen LogP contribution in [-0.2, 0) is 4.79 Å². The Labute approximate surface area is 159 Å². The Hall–Kier alpha value is -2.51. The molecule has 138 valence electrons. The standard InChI is InChI=1S/C17H16Cl2FN3O3/c18-11-3-8-15(14(19)10-11)26-9-1-2-16(24)22-23-17(25)21-13-6-4-12(20)5-7-13/h3-8,10H,1-2,9H2,(H,22,24)(H2,21,23,25). The number of halogens is 3. The van der Waals surface area contributed by atoms with Crippen molar-refractivity contribution in [1.29, 1.82) is 0 Å². The van der Waals surface area contributed by atoms with Gasteiger partial charge in [0.1, 0.15) is 11.6 Å². The fourth-order valence-electron chi connectivity index (χ4n) is 1.89. The summed E-state index contributed by atoms with van der Waals surface area (Å²) in [7, 11) is 0. The van der Waals surface area contributed by atoms with Crippen LogP contribution in [-0.4, -0.2) is 18.5 Å². The van der Waals surface area contributed by atoms with Crippen LogP contribution in [0.5, 0.6) is 5.75 Å². The fourth-order valence-corrected chi connectivity index (χ4v) is 2.35. The van der Waals surface area contributed by atoms with Gasteiger partial charge in [0.2, 0.25) is 5.91 Å². The normalized spacial score (nSPS) is 10.1. The third kappa shape index (κ3) is 6.78. The summed E-state index contributed by atoms with van der Waals surface area (Å²) in [6, 6.07) is 9.43. The number of hydrazine groups is 1. The van der Waals surface area contributed by atoms with Gasteiger partial charge in [0, 0.05) is 17.1 Å². The molecule has 2 aromatic carbocycles. The van der Waals surface area contributed by atoms with E-state index in [2.05, 4.69) is 16.2 Å². The zero-order valence-electron chi connectivity index (χ0n) is 13.5. The van der Waals surface area contributed by atoms with E-state index < -0.39 is 11.8 Å². The minimum Gasteiger partial charge on any atom is -0.492 e. The highest BCUT2D eigenvalue weighted by atomic mass is 35.5. The predicted molar refractivity (Wildman–Crippen MR) is 97.9 cm³/mol. The molecular formula is C17H16Cl2FN3O3. The summed E-state index contributed by atoms with van der Waals surface area (Å²) in [6.45, 7) is 0.274. The van der Waals surface area contributed by atoms with E-state index in [1.54, 1.807) is 18.2 Å². The van der Waals surface area contributed by atoms with Crippen LogP contribution in [0.2, 0.25) is 10.0 Å². The molecule has 0 atom stereocenters. The average molecular weight is 400 g/mol. The van der Waals surface area contributed by atoms with E-state index in [4.69, 9.17) is 27.9 Å². The van der Waals surface area contributed by atoms with Gasteiger partial charge in [0.25, 0.3) is 0 Å². The number of ether oxygens (including phenoxy) is 1. The Bertz CT molecular complexity index is 772. The topological polar surface area (TPSA) is 79.5 Å². The van der Waals surface area contributed by atoms with Crippen LogP contribution in [0.1, 0.15) is 12.8 Å². The molecule has 0 aliphatic carbocycles. The van der Waals surface area contributed by atoms with Gasteiger partial charge in [-0.25, -0.2) is 14.6 Å². The average Bonchev–Trinajstić information content (AvgIpc) is 2.60. The molecule has 0 radical (unpaired) electrons. The first-order chi connectivity index (χ1) is 12.4. The molecule has 0 spiro atoms. The monoisotopic (exact) mass is 399 g/mol. The Morgan fingerprint density at radius 2 is 1.77 bits per heavy atom. The first-order valence-corrected chi connectivity index (χ1v) is 8.39. The molecule has 0 unspecified atom stereocenters. The quantitative estimate of drug-likeness (QED) is 0.504. The number of benzene rings is 2. The Balaban J connectivity index is 1.62. The highest BCUT2D eigenvalue weighted by molar-refractivity contribution is 6.35. The summed E-state index contributed by atoms with van der Waals surface area (Å²) in [5, 5.41) is 3.34. The number of carbonyl (C=O) groups is 2. The highest BCUT2D eigenvalue weighted by Crippen LogP contribution is 2.27. The van der Waals surface area contributed by atoms with E-state index in [1.165, 1.54) is 24.3 Å². The second-order valence-electron chi connectivity index (χ2n) is 5.16. The van der Waals surface area contributed by atoms with Gasteiger partial charge in [-0.05, 0) is 48.9 Å². The predicted octanol–water partition coefficient (Wildman–Crippen LogP) is 4.14. The molecular weight excluding hydrogens is 384 g/mol. The minimum atomic E-state index is -0.644. The van der Waals surface area contributed by atoms with Crippen molar-refractivity contribution < 1.29 is 18.7 Å². The molecule has 3 N–H and O–H groups in total.